The minimum absolute atomic E-state index is 0.0139. The predicted octanol–water partition coefficient (Wildman–Crippen LogP) is 1.94. The van der Waals surface area contributed by atoms with Crippen LogP contribution in [0.15, 0.2) is 52.3 Å². The van der Waals surface area contributed by atoms with E-state index in [9.17, 15) is 24.3 Å². The zero-order valence-corrected chi connectivity index (χ0v) is 18.2. The number of hydrogen-bond acceptors (Lipinski definition) is 6. The fourth-order valence-electron chi connectivity index (χ4n) is 3.15. The van der Waals surface area contributed by atoms with Crippen LogP contribution in [0.25, 0.3) is 16.6 Å². The zero-order chi connectivity index (χ0) is 23.6. The number of aliphatic carboxylic acids is 1. The third-order valence-corrected chi connectivity index (χ3v) is 4.76. The molecular weight excluding hydrogens is 416 g/mol. The van der Waals surface area contributed by atoms with Gasteiger partial charge in [-0.1, -0.05) is 12.1 Å². The molecule has 3 rings (SSSR count). The van der Waals surface area contributed by atoms with Crippen LogP contribution >= 0.6 is 0 Å². The van der Waals surface area contributed by atoms with Gasteiger partial charge in [0.2, 0.25) is 0 Å². The molecule has 0 aliphatic rings. The molecule has 10 nitrogen and oxygen atoms in total. The molecule has 0 aliphatic carbocycles. The maximum Gasteiger partial charge on any atom is 0.410 e. The van der Waals surface area contributed by atoms with E-state index in [0.29, 0.717) is 22.2 Å². The molecule has 32 heavy (non-hydrogen) atoms. The second-order valence-electron chi connectivity index (χ2n) is 8.31. The van der Waals surface area contributed by atoms with E-state index in [1.165, 1.54) is 25.5 Å². The normalized spacial score (nSPS) is 12.4. The first-order chi connectivity index (χ1) is 15.0. The van der Waals surface area contributed by atoms with E-state index in [-0.39, 0.29) is 6.42 Å². The summed E-state index contributed by atoms with van der Waals surface area (Å²) in [5.74, 6) is -1.18. The fraction of sp³-hybridized carbons (Fsp3) is 0.318. The number of likely N-dealkylation sites (N-methyl/N-ethyl adjacent to an activating group) is 1. The molecule has 1 unspecified atom stereocenters. The number of carboxylic acid groups (broad SMARTS) is 1. The lowest BCUT2D eigenvalue weighted by Crippen LogP contribution is -2.46. The number of pyridine rings is 1. The molecule has 0 fully saturated rings. The van der Waals surface area contributed by atoms with E-state index in [2.05, 4.69) is 9.97 Å². The predicted molar refractivity (Wildman–Crippen MR) is 117 cm³/mol. The van der Waals surface area contributed by atoms with Gasteiger partial charge in [0.1, 0.15) is 11.6 Å². The Morgan fingerprint density at radius 2 is 1.84 bits per heavy atom. The van der Waals surface area contributed by atoms with Crippen LogP contribution in [0.2, 0.25) is 0 Å². The molecule has 1 amide bonds. The quantitative estimate of drug-likeness (QED) is 0.619. The molecule has 1 aromatic carbocycles. The topological polar surface area (TPSA) is 135 Å². The van der Waals surface area contributed by atoms with Gasteiger partial charge in [0.05, 0.1) is 22.8 Å². The fourth-order valence-corrected chi connectivity index (χ4v) is 3.15. The molecule has 2 aromatic heterocycles. The van der Waals surface area contributed by atoms with Crippen molar-refractivity contribution in [1.82, 2.24) is 19.4 Å². The summed E-state index contributed by atoms with van der Waals surface area (Å²) in [5.41, 5.74) is -0.600. The molecule has 168 valence electrons. The average molecular weight is 440 g/mol. The van der Waals surface area contributed by atoms with E-state index in [4.69, 9.17) is 4.74 Å². The zero-order valence-electron chi connectivity index (χ0n) is 18.2. The Hall–Kier alpha value is -3.95. The summed E-state index contributed by atoms with van der Waals surface area (Å²) < 4.78 is 6.24. The molecule has 0 saturated carbocycles. The molecule has 2 N–H and O–H groups in total. The van der Waals surface area contributed by atoms with Crippen molar-refractivity contribution in [3.8, 4) is 5.69 Å². The highest BCUT2D eigenvalue weighted by molar-refractivity contribution is 5.80. The van der Waals surface area contributed by atoms with Gasteiger partial charge in [-0.05, 0) is 44.5 Å². The Morgan fingerprint density at radius 1 is 1.19 bits per heavy atom. The molecule has 1 atom stereocenters. The van der Waals surface area contributed by atoms with Gasteiger partial charge in [-0.2, -0.15) is 0 Å². The minimum Gasteiger partial charge on any atom is -0.480 e. The SMILES string of the molecule is CN(C(=O)OC(C)(C)C)C(Cc1ccc(-n2c(=O)[nH]c3cnccc3c2=O)cc1)C(=O)O. The van der Waals surface area contributed by atoms with Crippen molar-refractivity contribution in [2.75, 3.05) is 7.05 Å². The molecular formula is C22H24N4O6. The van der Waals surface area contributed by atoms with Crippen LogP contribution in [-0.4, -0.2) is 55.3 Å². The Bertz CT molecular complexity index is 1270. The van der Waals surface area contributed by atoms with Crippen molar-refractivity contribution in [2.45, 2.75) is 38.8 Å². The van der Waals surface area contributed by atoms with Crippen LogP contribution in [0.3, 0.4) is 0 Å². The summed E-state index contributed by atoms with van der Waals surface area (Å²) >= 11 is 0. The van der Waals surface area contributed by atoms with Gasteiger partial charge in [0, 0.05) is 19.7 Å². The van der Waals surface area contributed by atoms with E-state index in [1.807, 2.05) is 0 Å². The van der Waals surface area contributed by atoms with Crippen molar-refractivity contribution >= 4 is 23.0 Å². The maximum absolute atomic E-state index is 12.8. The van der Waals surface area contributed by atoms with E-state index in [1.54, 1.807) is 45.0 Å². The van der Waals surface area contributed by atoms with Gasteiger partial charge in [-0.3, -0.25) is 14.7 Å². The maximum atomic E-state index is 12.8. The molecule has 10 heteroatoms. The monoisotopic (exact) mass is 440 g/mol. The smallest absolute Gasteiger partial charge is 0.410 e. The van der Waals surface area contributed by atoms with Gasteiger partial charge in [0.25, 0.3) is 5.56 Å². The minimum atomic E-state index is -1.18. The number of amides is 1. The van der Waals surface area contributed by atoms with Gasteiger partial charge in [0.15, 0.2) is 0 Å². The molecule has 0 bridgehead atoms. The number of carbonyl (C=O) groups is 2. The van der Waals surface area contributed by atoms with E-state index in [0.717, 1.165) is 9.47 Å². The average Bonchev–Trinajstić information content (AvgIpc) is 2.71. The number of nitrogens with one attached hydrogen (secondary N) is 1. The lowest BCUT2D eigenvalue weighted by Gasteiger charge is -2.28. The Labute approximate surface area is 183 Å². The van der Waals surface area contributed by atoms with Gasteiger partial charge >= 0.3 is 17.8 Å². The second kappa shape index (κ2) is 8.66. The van der Waals surface area contributed by atoms with Crippen LogP contribution in [-0.2, 0) is 16.0 Å². The van der Waals surface area contributed by atoms with Crippen molar-refractivity contribution in [1.29, 1.82) is 0 Å². The number of fused-ring (bicyclic) bond motifs is 1. The number of ether oxygens (including phenoxy) is 1. The van der Waals surface area contributed by atoms with Gasteiger partial charge in [-0.15, -0.1) is 0 Å². The number of hydrogen-bond donors (Lipinski definition) is 2. The molecule has 0 radical (unpaired) electrons. The number of rotatable bonds is 5. The number of carbonyl (C=O) groups excluding carboxylic acids is 1. The van der Waals surface area contributed by atoms with Crippen molar-refractivity contribution in [2.24, 2.45) is 0 Å². The largest absolute Gasteiger partial charge is 0.480 e. The first-order valence-corrected chi connectivity index (χ1v) is 9.85. The highest BCUT2D eigenvalue weighted by atomic mass is 16.6. The number of benzene rings is 1. The molecule has 3 aromatic rings. The number of nitrogens with zero attached hydrogens (tertiary/aromatic N) is 3. The Kier molecular flexibility index (Phi) is 6.15. The summed E-state index contributed by atoms with van der Waals surface area (Å²) in [4.78, 5) is 56.8. The first kappa shape index (κ1) is 22.7. The van der Waals surface area contributed by atoms with Crippen molar-refractivity contribution in [3.63, 3.8) is 0 Å². The summed E-state index contributed by atoms with van der Waals surface area (Å²) in [6.07, 6.45) is 2.13. The lowest BCUT2D eigenvalue weighted by molar-refractivity contribution is -0.142. The van der Waals surface area contributed by atoms with Crippen molar-refractivity contribution < 1.29 is 19.4 Å². The molecule has 0 saturated heterocycles. The van der Waals surface area contributed by atoms with Gasteiger partial charge in [-0.25, -0.2) is 19.0 Å². The molecule has 0 spiro atoms. The Balaban J connectivity index is 1.88. The number of H-pyrrole nitrogens is 1. The standard InChI is InChI=1S/C22H24N4O6/c1-22(2,3)32-21(31)25(4)17(19(28)29)11-13-5-7-14(8-6-13)26-18(27)15-9-10-23-12-16(15)24-20(26)30/h5-10,12,17H,11H2,1-4H3,(H,24,30)(H,28,29). The summed E-state index contributed by atoms with van der Waals surface area (Å²) in [7, 11) is 1.37. The summed E-state index contributed by atoms with van der Waals surface area (Å²) in [5, 5.41) is 9.93. The highest BCUT2D eigenvalue weighted by Gasteiger charge is 2.30. The first-order valence-electron chi connectivity index (χ1n) is 9.85. The lowest BCUT2D eigenvalue weighted by atomic mass is 10.0. The second-order valence-corrected chi connectivity index (χ2v) is 8.31. The summed E-state index contributed by atoms with van der Waals surface area (Å²) in [6.45, 7) is 5.08. The number of aromatic nitrogens is 3. The summed E-state index contributed by atoms with van der Waals surface area (Å²) in [6, 6.07) is 6.67. The van der Waals surface area contributed by atoms with Crippen LogP contribution < -0.4 is 11.2 Å². The van der Waals surface area contributed by atoms with Crippen molar-refractivity contribution in [3.05, 3.63) is 69.1 Å². The van der Waals surface area contributed by atoms with Gasteiger partial charge < -0.3 is 14.8 Å². The van der Waals surface area contributed by atoms with Crippen LogP contribution in [0.1, 0.15) is 26.3 Å². The van der Waals surface area contributed by atoms with Crippen LogP contribution in [0, 0.1) is 0 Å². The third kappa shape index (κ3) is 4.85. The Morgan fingerprint density at radius 3 is 2.44 bits per heavy atom. The third-order valence-electron chi connectivity index (χ3n) is 4.76. The van der Waals surface area contributed by atoms with Crippen LogP contribution in [0.5, 0.6) is 0 Å². The van der Waals surface area contributed by atoms with Crippen LogP contribution in [0.4, 0.5) is 4.79 Å². The highest BCUT2D eigenvalue weighted by Crippen LogP contribution is 2.15. The number of carboxylic acids is 1. The molecule has 2 heterocycles. The van der Waals surface area contributed by atoms with E-state index < -0.39 is 35.0 Å². The molecule has 0 aliphatic heterocycles. The number of aromatic amines is 1. The van der Waals surface area contributed by atoms with E-state index >= 15 is 0 Å².